The van der Waals surface area contributed by atoms with Crippen molar-refractivity contribution in [3.05, 3.63) is 11.6 Å². The topological polar surface area (TPSA) is 9.23 Å². The molecule has 16 heavy (non-hydrogen) atoms. The minimum absolute atomic E-state index is 0.415. The van der Waals surface area contributed by atoms with Gasteiger partial charge in [-0.1, -0.05) is 33.1 Å². The molecular weight excluding hydrogens is 212 g/mol. The Kier molecular flexibility index (Phi) is 5.77. The molecule has 1 aliphatic heterocycles. The summed E-state index contributed by atoms with van der Waals surface area (Å²) in [7, 11) is -1.38. The first kappa shape index (κ1) is 14.0. The van der Waals surface area contributed by atoms with Crippen molar-refractivity contribution in [3.63, 3.8) is 0 Å². The Balaban J connectivity index is 2.53. The van der Waals surface area contributed by atoms with Crippen LogP contribution in [0.3, 0.4) is 0 Å². The van der Waals surface area contributed by atoms with Crippen LogP contribution in [0.15, 0.2) is 5.57 Å². The van der Waals surface area contributed by atoms with Crippen LogP contribution < -0.4 is 0 Å². The predicted molar refractivity (Wildman–Crippen MR) is 73.0 cm³/mol. The van der Waals surface area contributed by atoms with E-state index in [4.69, 9.17) is 4.43 Å². The molecule has 1 rings (SSSR count). The summed E-state index contributed by atoms with van der Waals surface area (Å²) in [4.78, 5) is 0. The average Bonchev–Trinajstić information content (AvgIpc) is 2.51. The first-order chi connectivity index (χ1) is 7.59. The van der Waals surface area contributed by atoms with Gasteiger partial charge in [0.2, 0.25) is 0 Å². The molecule has 1 saturated heterocycles. The second kappa shape index (κ2) is 6.60. The normalized spacial score (nSPS) is 26.5. The minimum atomic E-state index is -1.38. The number of hydrogen-bond donors (Lipinski definition) is 0. The molecule has 0 aromatic carbocycles. The van der Waals surface area contributed by atoms with Crippen LogP contribution in [0.1, 0.15) is 52.4 Å². The molecule has 1 atom stereocenters. The van der Waals surface area contributed by atoms with Gasteiger partial charge in [-0.05, 0) is 50.0 Å². The van der Waals surface area contributed by atoms with Gasteiger partial charge in [-0.25, -0.2) is 0 Å². The molecule has 2 heteroatoms. The highest BCUT2D eigenvalue weighted by Crippen LogP contribution is 2.34. The maximum absolute atomic E-state index is 6.23. The van der Waals surface area contributed by atoms with Crippen LogP contribution in [0.4, 0.5) is 0 Å². The fourth-order valence-corrected chi connectivity index (χ4v) is 4.68. The van der Waals surface area contributed by atoms with Crippen molar-refractivity contribution in [2.75, 3.05) is 0 Å². The summed E-state index contributed by atoms with van der Waals surface area (Å²) >= 11 is 0. The van der Waals surface area contributed by atoms with Gasteiger partial charge in [-0.15, -0.1) is 0 Å². The second-order valence-corrected chi connectivity index (χ2v) is 9.60. The molecule has 0 aliphatic carbocycles. The van der Waals surface area contributed by atoms with Crippen molar-refractivity contribution in [2.45, 2.75) is 77.6 Å². The summed E-state index contributed by atoms with van der Waals surface area (Å²) in [5, 5.41) is 0. The Morgan fingerprint density at radius 3 is 2.56 bits per heavy atom. The van der Waals surface area contributed by atoms with Crippen LogP contribution in [0.2, 0.25) is 19.1 Å². The van der Waals surface area contributed by atoms with Crippen LogP contribution in [-0.4, -0.2) is 14.4 Å². The highest BCUT2D eigenvalue weighted by molar-refractivity contribution is 6.72. The van der Waals surface area contributed by atoms with Gasteiger partial charge in [0.15, 0.2) is 8.32 Å². The number of hydrogen-bond acceptors (Lipinski definition) is 1. The van der Waals surface area contributed by atoms with E-state index in [9.17, 15) is 0 Å². The van der Waals surface area contributed by atoms with E-state index >= 15 is 0 Å². The third-order valence-corrected chi connectivity index (χ3v) is 5.32. The van der Waals surface area contributed by atoms with Crippen LogP contribution in [0, 0.1) is 6.08 Å². The summed E-state index contributed by atoms with van der Waals surface area (Å²) in [6.45, 7) is 9.16. The molecule has 1 radical (unpaired) electrons. The van der Waals surface area contributed by atoms with E-state index in [1.165, 1.54) is 43.7 Å². The number of rotatable bonds is 6. The monoisotopic (exact) mass is 239 g/mol. The molecule has 0 aromatic heterocycles. The third-order valence-electron chi connectivity index (χ3n) is 3.17. The van der Waals surface area contributed by atoms with Crippen molar-refractivity contribution in [1.82, 2.24) is 0 Å². The maximum atomic E-state index is 6.23. The van der Waals surface area contributed by atoms with E-state index < -0.39 is 8.32 Å². The highest BCUT2D eigenvalue weighted by atomic mass is 28.4. The second-order valence-electron chi connectivity index (χ2n) is 5.49. The summed E-state index contributed by atoms with van der Waals surface area (Å²) in [5.74, 6) is 0. The minimum Gasteiger partial charge on any atom is -0.410 e. The zero-order valence-corrected chi connectivity index (χ0v) is 12.4. The van der Waals surface area contributed by atoms with E-state index in [-0.39, 0.29) is 0 Å². The average molecular weight is 239 g/mol. The van der Waals surface area contributed by atoms with Crippen molar-refractivity contribution in [1.29, 1.82) is 0 Å². The van der Waals surface area contributed by atoms with Gasteiger partial charge in [0, 0.05) is 0 Å². The molecule has 1 nitrogen and oxygen atoms in total. The Bertz CT molecular complexity index is 233. The lowest BCUT2D eigenvalue weighted by molar-refractivity contribution is 0.238. The molecule has 0 saturated carbocycles. The molecule has 0 unspecified atom stereocenters. The summed E-state index contributed by atoms with van der Waals surface area (Å²) in [6.07, 6.45) is 11.5. The Labute approximate surface area is 102 Å². The van der Waals surface area contributed by atoms with Crippen molar-refractivity contribution in [2.24, 2.45) is 0 Å². The zero-order valence-electron chi connectivity index (χ0n) is 11.4. The summed E-state index contributed by atoms with van der Waals surface area (Å²) < 4.78 is 6.23. The van der Waals surface area contributed by atoms with Gasteiger partial charge in [0.05, 0.1) is 6.10 Å². The summed E-state index contributed by atoms with van der Waals surface area (Å²) in [5.41, 5.74) is 1.50. The van der Waals surface area contributed by atoms with Crippen LogP contribution in [0.25, 0.3) is 0 Å². The van der Waals surface area contributed by atoms with E-state index in [2.05, 4.69) is 33.0 Å². The highest BCUT2D eigenvalue weighted by Gasteiger charge is 2.37. The van der Waals surface area contributed by atoms with E-state index in [0.29, 0.717) is 6.10 Å². The van der Waals surface area contributed by atoms with E-state index in [1.54, 1.807) is 0 Å². The van der Waals surface area contributed by atoms with Gasteiger partial charge >= 0.3 is 0 Å². The fraction of sp³-hybridized carbons (Fsp3) is 0.857. The fourth-order valence-electron chi connectivity index (χ4n) is 2.30. The molecule has 0 amide bonds. The first-order valence-electron chi connectivity index (χ1n) is 6.86. The molecule has 93 valence electrons. The van der Waals surface area contributed by atoms with E-state index in [0.717, 1.165) is 6.42 Å². The zero-order chi connectivity index (χ0) is 12.0. The maximum Gasteiger partial charge on any atom is 0.191 e. The van der Waals surface area contributed by atoms with Crippen molar-refractivity contribution >= 4 is 8.32 Å². The van der Waals surface area contributed by atoms with Crippen LogP contribution in [0.5, 0.6) is 0 Å². The standard InChI is InChI=1S/C14H27OSi/c1-5-7-9-10-13-12-16(3,4)15-14(13)11-8-6-2/h14H,5-9,11-12H2,1-4H3/t14-/m1/s1. The molecule has 0 bridgehead atoms. The SMILES string of the molecule is CCCC[C]=C1C[Si](C)(C)O[C@@H]1CCCC. The lowest BCUT2D eigenvalue weighted by Crippen LogP contribution is -2.25. The Morgan fingerprint density at radius 2 is 1.94 bits per heavy atom. The van der Waals surface area contributed by atoms with Gasteiger partial charge in [0.25, 0.3) is 0 Å². The Morgan fingerprint density at radius 1 is 1.25 bits per heavy atom. The van der Waals surface area contributed by atoms with Crippen LogP contribution >= 0.6 is 0 Å². The quantitative estimate of drug-likeness (QED) is 0.482. The lowest BCUT2D eigenvalue weighted by Gasteiger charge is -2.16. The largest absolute Gasteiger partial charge is 0.410 e. The number of allylic oxidation sites excluding steroid dienone is 1. The van der Waals surface area contributed by atoms with E-state index in [1.807, 2.05) is 0 Å². The van der Waals surface area contributed by atoms with Gasteiger partial charge in [-0.3, -0.25) is 0 Å². The summed E-state index contributed by atoms with van der Waals surface area (Å²) in [6, 6.07) is 1.21. The number of unbranched alkanes of at least 4 members (excludes halogenated alkanes) is 3. The molecule has 0 aromatic rings. The first-order valence-corrected chi connectivity index (χ1v) is 9.98. The molecule has 1 heterocycles. The third kappa shape index (κ3) is 4.42. The lowest BCUT2D eigenvalue weighted by atomic mass is 10.0. The van der Waals surface area contributed by atoms with Gasteiger partial charge in [-0.2, -0.15) is 0 Å². The van der Waals surface area contributed by atoms with Crippen molar-refractivity contribution in [3.8, 4) is 0 Å². The molecule has 0 N–H and O–H groups in total. The van der Waals surface area contributed by atoms with Crippen LogP contribution in [-0.2, 0) is 4.43 Å². The smallest absolute Gasteiger partial charge is 0.191 e. The van der Waals surface area contributed by atoms with Gasteiger partial charge < -0.3 is 4.43 Å². The molecule has 1 aliphatic rings. The molecule has 0 spiro atoms. The predicted octanol–water partition coefficient (Wildman–Crippen LogP) is 4.70. The van der Waals surface area contributed by atoms with Crippen molar-refractivity contribution < 1.29 is 4.43 Å². The Hall–Kier alpha value is -0.0831. The van der Waals surface area contributed by atoms with Gasteiger partial charge in [0.1, 0.15) is 0 Å². The molecular formula is C14H27OSi. The molecule has 1 fully saturated rings.